The number of aromatic amines is 1. The first-order valence-electron chi connectivity index (χ1n) is 4.83. The van der Waals surface area contributed by atoms with E-state index in [1.54, 1.807) is 6.20 Å². The van der Waals surface area contributed by atoms with E-state index in [0.29, 0.717) is 5.69 Å². The van der Waals surface area contributed by atoms with Gasteiger partial charge in [0.1, 0.15) is 6.04 Å². The van der Waals surface area contributed by atoms with Crippen molar-refractivity contribution in [2.75, 3.05) is 6.54 Å². The van der Waals surface area contributed by atoms with Gasteiger partial charge in [0.25, 0.3) is 0 Å². The Morgan fingerprint density at radius 2 is 2.29 bits per heavy atom. The molecule has 8 heteroatoms. The maximum atomic E-state index is 11.2. The molecule has 0 saturated heterocycles. The summed E-state index contributed by atoms with van der Waals surface area (Å²) in [6, 6.07) is -0.970. The Bertz CT molecular complexity index is 355. The molecule has 0 aliphatic heterocycles. The smallest absolute Gasteiger partial charge is 0.326 e. The first kappa shape index (κ1) is 15.6. The fourth-order valence-electron chi connectivity index (χ4n) is 1.21. The van der Waals surface area contributed by atoms with Crippen LogP contribution >= 0.6 is 0 Å². The number of rotatable bonds is 6. The molecule has 0 bridgehead atoms. The summed E-state index contributed by atoms with van der Waals surface area (Å²) >= 11 is 0. The monoisotopic (exact) mass is 278 g/mol. The molecule has 1 aromatic heterocycles. The number of carbonyl (C=O) groups excluding carboxylic acids is 1. The Labute approximate surface area is 109 Å². The third-order valence-electron chi connectivity index (χ3n) is 1.97. The summed E-state index contributed by atoms with van der Waals surface area (Å²) < 4.78 is 0. The number of nitrogens with zero attached hydrogens (tertiary/aromatic N) is 1. The molecule has 1 heterocycles. The zero-order chi connectivity index (χ0) is 12.0. The maximum Gasteiger partial charge on any atom is 0.326 e. The van der Waals surface area contributed by atoms with E-state index in [1.165, 1.54) is 6.33 Å². The van der Waals surface area contributed by atoms with Crippen LogP contribution in [0.5, 0.6) is 0 Å². The summed E-state index contributed by atoms with van der Waals surface area (Å²) in [4.78, 5) is 28.7. The average Bonchev–Trinajstić information content (AvgIpc) is 2.69. The molecule has 1 amide bonds. The minimum absolute atomic E-state index is 0. The SMILES string of the molecule is NCCC(=O)NC(Cc1c[nH]cn1)C(=O)O.[Cr]. The number of amides is 1. The summed E-state index contributed by atoms with van der Waals surface area (Å²) in [5.74, 6) is -1.46. The number of H-pyrrole nitrogens is 1. The van der Waals surface area contributed by atoms with E-state index in [2.05, 4.69) is 15.3 Å². The van der Waals surface area contributed by atoms with Gasteiger partial charge in [-0.2, -0.15) is 0 Å². The van der Waals surface area contributed by atoms with E-state index in [4.69, 9.17) is 10.8 Å². The van der Waals surface area contributed by atoms with Crippen molar-refractivity contribution < 1.29 is 32.1 Å². The molecule has 0 fully saturated rings. The molecule has 0 saturated carbocycles. The number of imidazole rings is 1. The van der Waals surface area contributed by atoms with E-state index in [9.17, 15) is 9.59 Å². The predicted molar refractivity (Wildman–Crippen MR) is 55.5 cm³/mol. The van der Waals surface area contributed by atoms with Gasteiger partial charge in [-0.05, 0) is 0 Å². The van der Waals surface area contributed by atoms with Crippen molar-refractivity contribution in [1.29, 1.82) is 0 Å². The number of carbonyl (C=O) groups is 2. The van der Waals surface area contributed by atoms with Gasteiger partial charge in [-0.3, -0.25) is 4.79 Å². The van der Waals surface area contributed by atoms with Crippen LogP contribution in [0.1, 0.15) is 12.1 Å². The van der Waals surface area contributed by atoms with Crippen LogP contribution in [0.2, 0.25) is 0 Å². The van der Waals surface area contributed by atoms with E-state index in [0.717, 1.165) is 0 Å². The van der Waals surface area contributed by atoms with Gasteiger partial charge >= 0.3 is 5.97 Å². The van der Waals surface area contributed by atoms with Crippen molar-refractivity contribution in [2.45, 2.75) is 18.9 Å². The van der Waals surface area contributed by atoms with Crippen molar-refractivity contribution in [3.8, 4) is 0 Å². The predicted octanol–water partition coefficient (Wildman–Crippen LogP) is -1.13. The van der Waals surface area contributed by atoms with Crippen molar-refractivity contribution in [1.82, 2.24) is 15.3 Å². The topological polar surface area (TPSA) is 121 Å². The number of aliphatic carboxylic acids is 1. The van der Waals surface area contributed by atoms with Crippen LogP contribution in [0.25, 0.3) is 0 Å². The molecule has 0 aromatic carbocycles. The Morgan fingerprint density at radius 3 is 2.76 bits per heavy atom. The van der Waals surface area contributed by atoms with E-state index in [-0.39, 0.29) is 42.7 Å². The Balaban J connectivity index is 0.00000256. The summed E-state index contributed by atoms with van der Waals surface area (Å²) in [7, 11) is 0. The number of aromatic nitrogens is 2. The molecule has 17 heavy (non-hydrogen) atoms. The number of nitrogens with one attached hydrogen (secondary N) is 2. The van der Waals surface area contributed by atoms with Crippen LogP contribution in [0.15, 0.2) is 12.5 Å². The third kappa shape index (κ3) is 5.49. The molecule has 5 N–H and O–H groups in total. The summed E-state index contributed by atoms with van der Waals surface area (Å²) in [6.07, 6.45) is 3.31. The van der Waals surface area contributed by atoms with Crippen molar-refractivity contribution >= 4 is 11.9 Å². The summed E-state index contributed by atoms with van der Waals surface area (Å²) in [5.41, 5.74) is 5.78. The fraction of sp³-hybridized carbons (Fsp3) is 0.444. The minimum Gasteiger partial charge on any atom is -0.480 e. The quantitative estimate of drug-likeness (QED) is 0.524. The summed E-state index contributed by atoms with van der Waals surface area (Å²) in [6.45, 7) is 0.195. The molecule has 1 aromatic rings. The van der Waals surface area contributed by atoms with E-state index < -0.39 is 12.0 Å². The zero-order valence-corrected chi connectivity index (χ0v) is 10.3. The zero-order valence-electron chi connectivity index (χ0n) is 9.05. The van der Waals surface area contributed by atoms with Gasteiger partial charge in [-0.25, -0.2) is 9.78 Å². The van der Waals surface area contributed by atoms with Crippen LogP contribution in [0, 0.1) is 0 Å². The Hall–Kier alpha value is -1.36. The van der Waals surface area contributed by atoms with Gasteiger partial charge in [0.2, 0.25) is 5.91 Å². The normalized spacial score (nSPS) is 11.4. The molecule has 1 atom stereocenters. The van der Waals surface area contributed by atoms with Crippen LogP contribution in [0.3, 0.4) is 0 Å². The van der Waals surface area contributed by atoms with E-state index in [1.807, 2.05) is 0 Å². The number of hydrogen-bond donors (Lipinski definition) is 4. The Morgan fingerprint density at radius 1 is 1.59 bits per heavy atom. The van der Waals surface area contributed by atoms with Crippen molar-refractivity contribution in [3.63, 3.8) is 0 Å². The van der Waals surface area contributed by atoms with Gasteiger partial charge in [0, 0.05) is 42.9 Å². The number of carboxylic acids is 1. The van der Waals surface area contributed by atoms with Crippen LogP contribution in [-0.2, 0) is 33.4 Å². The number of nitrogens with two attached hydrogens (primary N) is 1. The Kier molecular flexibility index (Phi) is 7.22. The molecule has 0 radical (unpaired) electrons. The fourth-order valence-corrected chi connectivity index (χ4v) is 1.21. The first-order chi connectivity index (χ1) is 7.63. The molecule has 0 spiro atoms. The number of hydrogen-bond acceptors (Lipinski definition) is 4. The third-order valence-corrected chi connectivity index (χ3v) is 1.97. The standard InChI is InChI=1S/C9H14N4O3.Cr/c10-2-1-8(14)13-7(9(15)16)3-6-4-11-5-12-6;/h4-5,7H,1-3,10H2,(H,11,12)(H,13,14)(H,15,16);. The first-order valence-corrected chi connectivity index (χ1v) is 4.83. The molecular weight excluding hydrogens is 264 g/mol. The van der Waals surface area contributed by atoms with Gasteiger partial charge in [-0.1, -0.05) is 0 Å². The molecular formula is C9H14CrN4O3. The van der Waals surface area contributed by atoms with Crippen molar-refractivity contribution in [3.05, 3.63) is 18.2 Å². The van der Waals surface area contributed by atoms with Gasteiger partial charge in [-0.15, -0.1) is 0 Å². The molecule has 1 unspecified atom stereocenters. The van der Waals surface area contributed by atoms with Crippen LogP contribution < -0.4 is 11.1 Å². The van der Waals surface area contributed by atoms with Gasteiger partial charge in [0.15, 0.2) is 0 Å². The second-order valence-corrected chi connectivity index (χ2v) is 3.26. The second-order valence-electron chi connectivity index (χ2n) is 3.26. The molecule has 0 aliphatic carbocycles. The average molecular weight is 278 g/mol. The molecule has 7 nitrogen and oxygen atoms in total. The van der Waals surface area contributed by atoms with Crippen LogP contribution in [0.4, 0.5) is 0 Å². The maximum absolute atomic E-state index is 11.2. The van der Waals surface area contributed by atoms with Gasteiger partial charge < -0.3 is 21.1 Å². The molecule has 0 aliphatic rings. The van der Waals surface area contributed by atoms with Crippen LogP contribution in [-0.4, -0.2) is 39.5 Å². The molecule has 94 valence electrons. The number of carboxylic acid groups (broad SMARTS) is 1. The molecule has 1 rings (SSSR count). The second kappa shape index (κ2) is 7.84. The van der Waals surface area contributed by atoms with Gasteiger partial charge in [0.05, 0.1) is 12.0 Å². The minimum atomic E-state index is -1.09. The van der Waals surface area contributed by atoms with Crippen molar-refractivity contribution in [2.24, 2.45) is 5.73 Å². The largest absolute Gasteiger partial charge is 0.480 e. The van der Waals surface area contributed by atoms with E-state index >= 15 is 0 Å². The summed E-state index contributed by atoms with van der Waals surface area (Å²) in [5, 5.41) is 11.3.